The van der Waals surface area contributed by atoms with Gasteiger partial charge in [0.1, 0.15) is 5.82 Å². The third-order valence-corrected chi connectivity index (χ3v) is 2.55. The first-order chi connectivity index (χ1) is 8.15. The van der Waals surface area contributed by atoms with Crippen LogP contribution in [0.2, 0.25) is 0 Å². The van der Waals surface area contributed by atoms with Crippen molar-refractivity contribution in [2.45, 2.75) is 13.0 Å². The van der Waals surface area contributed by atoms with Crippen LogP contribution in [0, 0.1) is 5.82 Å². The Morgan fingerprint density at radius 1 is 1.35 bits per heavy atom. The molecule has 1 heterocycles. The maximum atomic E-state index is 13.4. The number of fused-ring (bicyclic) bond motifs is 1. The molecule has 3 N–H and O–H groups in total. The predicted octanol–water partition coefficient (Wildman–Crippen LogP) is 0.178. The summed E-state index contributed by atoms with van der Waals surface area (Å²) in [5, 5.41) is 0.168. The lowest BCUT2D eigenvalue weighted by Crippen LogP contribution is -2.35. The van der Waals surface area contributed by atoms with Crippen molar-refractivity contribution < 1.29 is 4.39 Å². The number of nitrogens with two attached hydrogens (primary N) is 1. The molecule has 2 rings (SSSR count). The van der Waals surface area contributed by atoms with Gasteiger partial charge >= 0.3 is 5.69 Å². The summed E-state index contributed by atoms with van der Waals surface area (Å²) >= 11 is 0. The first-order valence-electron chi connectivity index (χ1n) is 5.26. The molecule has 0 aliphatic heterocycles. The summed E-state index contributed by atoms with van der Waals surface area (Å²) in [7, 11) is 0. The normalized spacial score (nSPS) is 10.9. The molecule has 0 saturated carbocycles. The van der Waals surface area contributed by atoms with E-state index >= 15 is 0 Å². The standard InChI is InChI=1S/C11H12FN3O2/c12-8-4-1-3-7-9(8)14-11(17)15(10(7)16)6-2-5-13/h1,3-4H,2,5-6,13H2,(H,14,17). The number of para-hydroxylation sites is 1. The average Bonchev–Trinajstić information content (AvgIpc) is 2.31. The van der Waals surface area contributed by atoms with Gasteiger partial charge in [-0.15, -0.1) is 0 Å². The van der Waals surface area contributed by atoms with E-state index in [9.17, 15) is 14.0 Å². The van der Waals surface area contributed by atoms with Gasteiger partial charge < -0.3 is 10.7 Å². The number of rotatable bonds is 3. The van der Waals surface area contributed by atoms with E-state index in [-0.39, 0.29) is 17.4 Å². The number of hydrogen-bond acceptors (Lipinski definition) is 3. The van der Waals surface area contributed by atoms with Crippen LogP contribution in [0.4, 0.5) is 4.39 Å². The van der Waals surface area contributed by atoms with Gasteiger partial charge in [-0.2, -0.15) is 0 Å². The number of nitrogens with zero attached hydrogens (tertiary/aromatic N) is 1. The zero-order chi connectivity index (χ0) is 12.4. The van der Waals surface area contributed by atoms with Gasteiger partial charge in [0.05, 0.1) is 10.9 Å². The molecule has 17 heavy (non-hydrogen) atoms. The van der Waals surface area contributed by atoms with E-state index < -0.39 is 17.1 Å². The van der Waals surface area contributed by atoms with Crippen molar-refractivity contribution in [2.75, 3.05) is 6.54 Å². The van der Waals surface area contributed by atoms with Gasteiger partial charge in [-0.1, -0.05) is 6.07 Å². The van der Waals surface area contributed by atoms with Crippen LogP contribution in [0.5, 0.6) is 0 Å². The summed E-state index contributed by atoms with van der Waals surface area (Å²) in [5.74, 6) is -0.609. The fourth-order valence-corrected chi connectivity index (χ4v) is 1.69. The third kappa shape index (κ3) is 1.99. The second-order valence-corrected chi connectivity index (χ2v) is 3.69. The van der Waals surface area contributed by atoms with Gasteiger partial charge in [-0.3, -0.25) is 9.36 Å². The average molecular weight is 237 g/mol. The highest BCUT2D eigenvalue weighted by Gasteiger charge is 2.09. The maximum Gasteiger partial charge on any atom is 0.328 e. The lowest BCUT2D eigenvalue weighted by molar-refractivity contribution is 0.597. The highest BCUT2D eigenvalue weighted by molar-refractivity contribution is 5.77. The van der Waals surface area contributed by atoms with E-state index in [0.717, 1.165) is 4.57 Å². The Labute approximate surface area is 95.7 Å². The Hall–Kier alpha value is -1.95. The maximum absolute atomic E-state index is 13.4. The van der Waals surface area contributed by atoms with Gasteiger partial charge in [0.15, 0.2) is 0 Å². The summed E-state index contributed by atoms with van der Waals surface area (Å²) in [6.45, 7) is 0.615. The zero-order valence-corrected chi connectivity index (χ0v) is 9.07. The van der Waals surface area contributed by atoms with E-state index in [0.29, 0.717) is 13.0 Å². The molecule has 0 aliphatic rings. The smallest absolute Gasteiger partial charge is 0.328 e. The number of hydrogen-bond donors (Lipinski definition) is 2. The molecule has 0 fully saturated rings. The largest absolute Gasteiger partial charge is 0.330 e. The van der Waals surface area contributed by atoms with Crippen LogP contribution in [-0.2, 0) is 6.54 Å². The molecule has 0 spiro atoms. The van der Waals surface area contributed by atoms with Crippen molar-refractivity contribution in [3.8, 4) is 0 Å². The van der Waals surface area contributed by atoms with Gasteiger partial charge in [0.2, 0.25) is 0 Å². The molecule has 90 valence electrons. The summed E-state index contributed by atoms with van der Waals surface area (Å²) in [6, 6.07) is 4.11. The van der Waals surface area contributed by atoms with Crippen LogP contribution in [0.1, 0.15) is 6.42 Å². The summed E-state index contributed by atoms with van der Waals surface area (Å²) in [5.41, 5.74) is 4.18. The quantitative estimate of drug-likeness (QED) is 0.798. The lowest BCUT2D eigenvalue weighted by Gasteiger charge is -2.05. The van der Waals surface area contributed by atoms with Crippen LogP contribution in [0.15, 0.2) is 27.8 Å². The van der Waals surface area contributed by atoms with Crippen molar-refractivity contribution in [1.82, 2.24) is 9.55 Å². The van der Waals surface area contributed by atoms with Gasteiger partial charge in [-0.05, 0) is 25.1 Å². The van der Waals surface area contributed by atoms with Crippen LogP contribution in [0.25, 0.3) is 10.9 Å². The predicted molar refractivity (Wildman–Crippen MR) is 62.5 cm³/mol. The second-order valence-electron chi connectivity index (χ2n) is 3.69. The zero-order valence-electron chi connectivity index (χ0n) is 9.07. The van der Waals surface area contributed by atoms with Gasteiger partial charge in [0.25, 0.3) is 5.56 Å². The molecular formula is C11H12FN3O2. The van der Waals surface area contributed by atoms with Gasteiger partial charge in [0, 0.05) is 6.54 Å². The minimum Gasteiger partial charge on any atom is -0.330 e. The van der Waals surface area contributed by atoms with Crippen LogP contribution in [0.3, 0.4) is 0 Å². The molecular weight excluding hydrogens is 225 g/mol. The summed E-state index contributed by atoms with van der Waals surface area (Å²) in [4.78, 5) is 25.9. The number of H-pyrrole nitrogens is 1. The Morgan fingerprint density at radius 2 is 2.12 bits per heavy atom. The monoisotopic (exact) mass is 237 g/mol. The van der Waals surface area contributed by atoms with Crippen molar-refractivity contribution >= 4 is 10.9 Å². The molecule has 0 radical (unpaired) electrons. The minimum absolute atomic E-state index is 0.0495. The minimum atomic E-state index is -0.610. The number of aromatic amines is 1. The molecule has 2 aromatic rings. The molecule has 1 aromatic carbocycles. The number of halogens is 1. The topological polar surface area (TPSA) is 80.9 Å². The SMILES string of the molecule is NCCCn1c(=O)[nH]c2c(F)cccc2c1=O. The van der Waals surface area contributed by atoms with E-state index in [1.54, 1.807) is 0 Å². The Kier molecular flexibility index (Phi) is 3.06. The highest BCUT2D eigenvalue weighted by atomic mass is 19.1. The molecule has 1 aromatic heterocycles. The van der Waals surface area contributed by atoms with E-state index in [1.165, 1.54) is 18.2 Å². The van der Waals surface area contributed by atoms with Crippen molar-refractivity contribution in [3.05, 3.63) is 44.9 Å². The van der Waals surface area contributed by atoms with Gasteiger partial charge in [-0.25, -0.2) is 9.18 Å². The van der Waals surface area contributed by atoms with Crippen LogP contribution in [-0.4, -0.2) is 16.1 Å². The molecule has 0 saturated heterocycles. The van der Waals surface area contributed by atoms with Crippen LogP contribution >= 0.6 is 0 Å². The molecule has 0 atom stereocenters. The number of aromatic nitrogens is 2. The molecule has 0 amide bonds. The fourth-order valence-electron chi connectivity index (χ4n) is 1.69. The first-order valence-corrected chi connectivity index (χ1v) is 5.26. The summed E-state index contributed by atoms with van der Waals surface area (Å²) < 4.78 is 14.4. The van der Waals surface area contributed by atoms with Crippen molar-refractivity contribution in [1.29, 1.82) is 0 Å². The number of nitrogens with one attached hydrogen (secondary N) is 1. The highest BCUT2D eigenvalue weighted by Crippen LogP contribution is 2.09. The summed E-state index contributed by atoms with van der Waals surface area (Å²) in [6.07, 6.45) is 0.518. The molecule has 5 nitrogen and oxygen atoms in total. The number of benzene rings is 1. The Bertz CT molecular complexity index is 660. The van der Waals surface area contributed by atoms with Crippen molar-refractivity contribution in [2.24, 2.45) is 5.73 Å². The lowest BCUT2D eigenvalue weighted by atomic mass is 10.2. The van der Waals surface area contributed by atoms with E-state index in [1.807, 2.05) is 0 Å². The molecule has 0 aliphatic carbocycles. The Morgan fingerprint density at radius 3 is 2.82 bits per heavy atom. The van der Waals surface area contributed by atoms with E-state index in [4.69, 9.17) is 5.73 Å². The Balaban J connectivity index is 2.73. The third-order valence-electron chi connectivity index (χ3n) is 2.55. The molecule has 0 bridgehead atoms. The first kappa shape index (κ1) is 11.5. The molecule has 0 unspecified atom stereocenters. The fraction of sp³-hybridized carbons (Fsp3) is 0.273. The second kappa shape index (κ2) is 4.50. The molecule has 6 heteroatoms. The van der Waals surface area contributed by atoms with E-state index in [2.05, 4.69) is 4.98 Å². The van der Waals surface area contributed by atoms with Crippen LogP contribution < -0.4 is 17.0 Å². The van der Waals surface area contributed by atoms with Crippen molar-refractivity contribution in [3.63, 3.8) is 0 Å².